The minimum Gasteiger partial charge on any atom is -0.481 e. The normalized spacial score (nSPS) is 19.0. The van der Waals surface area contributed by atoms with Crippen molar-refractivity contribution in [2.75, 3.05) is 6.61 Å². The van der Waals surface area contributed by atoms with Crippen molar-refractivity contribution >= 4 is 5.91 Å². The second-order valence-electron chi connectivity index (χ2n) is 5.91. The molecular formula is C16H23NO3. The highest BCUT2D eigenvalue weighted by Gasteiger charge is 2.42. The number of aliphatic hydroxyl groups is 1. The highest BCUT2D eigenvalue weighted by atomic mass is 16.5. The summed E-state index contributed by atoms with van der Waals surface area (Å²) in [6.45, 7) is 5.57. The van der Waals surface area contributed by atoms with Gasteiger partial charge in [-0.1, -0.05) is 17.7 Å². The van der Waals surface area contributed by atoms with Crippen molar-refractivity contribution in [1.82, 2.24) is 5.32 Å². The van der Waals surface area contributed by atoms with Crippen LogP contribution in [0.1, 0.15) is 32.3 Å². The molecule has 0 aliphatic heterocycles. The Morgan fingerprint density at radius 3 is 2.55 bits per heavy atom. The van der Waals surface area contributed by atoms with Crippen LogP contribution in [0.5, 0.6) is 5.75 Å². The Kier molecular flexibility index (Phi) is 4.33. The van der Waals surface area contributed by atoms with Gasteiger partial charge in [-0.2, -0.15) is 0 Å². The van der Waals surface area contributed by atoms with E-state index >= 15 is 0 Å². The minimum absolute atomic E-state index is 0.0410. The summed E-state index contributed by atoms with van der Waals surface area (Å²) in [5.74, 6) is 0.868. The first-order chi connectivity index (χ1) is 9.44. The highest BCUT2D eigenvalue weighted by Crippen LogP contribution is 2.39. The molecule has 1 aliphatic rings. The van der Waals surface area contributed by atoms with Gasteiger partial charge in [0.1, 0.15) is 5.75 Å². The van der Waals surface area contributed by atoms with E-state index in [-0.39, 0.29) is 12.5 Å². The maximum Gasteiger partial charge on any atom is 0.261 e. The van der Waals surface area contributed by atoms with E-state index in [9.17, 15) is 9.90 Å². The van der Waals surface area contributed by atoms with Crippen LogP contribution in [0.25, 0.3) is 0 Å². The number of carbonyl (C=O) groups excluding carboxylic acids is 1. The summed E-state index contributed by atoms with van der Waals surface area (Å²) in [6.07, 6.45) is 1.54. The van der Waals surface area contributed by atoms with Crippen molar-refractivity contribution in [1.29, 1.82) is 0 Å². The first-order valence-electron chi connectivity index (χ1n) is 7.11. The van der Waals surface area contributed by atoms with Crippen LogP contribution in [-0.2, 0) is 4.79 Å². The summed E-state index contributed by atoms with van der Waals surface area (Å²) in [6, 6.07) is 7.60. The van der Waals surface area contributed by atoms with Gasteiger partial charge < -0.3 is 15.2 Å². The Morgan fingerprint density at radius 1 is 1.45 bits per heavy atom. The Labute approximate surface area is 120 Å². The summed E-state index contributed by atoms with van der Waals surface area (Å²) < 4.78 is 5.63. The van der Waals surface area contributed by atoms with Crippen LogP contribution in [0.15, 0.2) is 24.3 Å². The monoisotopic (exact) mass is 277 g/mol. The number of aliphatic hydroxyl groups excluding tert-OH is 1. The molecule has 0 saturated heterocycles. The summed E-state index contributed by atoms with van der Waals surface area (Å²) in [4.78, 5) is 12.2. The van der Waals surface area contributed by atoms with E-state index in [4.69, 9.17) is 4.74 Å². The molecule has 4 nitrogen and oxygen atoms in total. The van der Waals surface area contributed by atoms with E-state index in [1.54, 1.807) is 6.92 Å². The van der Waals surface area contributed by atoms with Gasteiger partial charge in [-0.05, 0) is 51.7 Å². The lowest BCUT2D eigenvalue weighted by molar-refractivity contribution is -0.130. The van der Waals surface area contributed by atoms with Crippen LogP contribution in [-0.4, -0.2) is 29.3 Å². The lowest BCUT2D eigenvalue weighted by atomic mass is 9.96. The Bertz CT molecular complexity index is 467. The van der Waals surface area contributed by atoms with Gasteiger partial charge in [0.15, 0.2) is 6.10 Å². The summed E-state index contributed by atoms with van der Waals surface area (Å²) >= 11 is 0. The molecule has 20 heavy (non-hydrogen) atoms. The first kappa shape index (κ1) is 14.9. The number of hydrogen-bond acceptors (Lipinski definition) is 3. The van der Waals surface area contributed by atoms with Gasteiger partial charge >= 0.3 is 0 Å². The third-order valence-corrected chi connectivity index (χ3v) is 3.92. The van der Waals surface area contributed by atoms with Gasteiger partial charge in [-0.15, -0.1) is 0 Å². The molecule has 0 bridgehead atoms. The van der Waals surface area contributed by atoms with E-state index in [2.05, 4.69) is 5.32 Å². The summed E-state index contributed by atoms with van der Waals surface area (Å²) in [7, 11) is 0. The molecule has 1 aromatic rings. The van der Waals surface area contributed by atoms with Crippen molar-refractivity contribution in [2.45, 2.75) is 45.3 Å². The fourth-order valence-corrected chi connectivity index (χ4v) is 2.25. The average Bonchev–Trinajstić information content (AvgIpc) is 3.26. The maximum absolute atomic E-state index is 12.2. The number of rotatable bonds is 6. The zero-order valence-electron chi connectivity index (χ0n) is 12.3. The third kappa shape index (κ3) is 3.51. The molecule has 2 unspecified atom stereocenters. The molecule has 4 heteroatoms. The number of nitrogens with one attached hydrogen (secondary N) is 1. The van der Waals surface area contributed by atoms with Crippen LogP contribution >= 0.6 is 0 Å². The van der Waals surface area contributed by atoms with Crippen molar-refractivity contribution in [3.8, 4) is 5.75 Å². The number of ether oxygens (including phenoxy) is 1. The van der Waals surface area contributed by atoms with E-state index in [0.29, 0.717) is 11.7 Å². The molecule has 2 rings (SSSR count). The van der Waals surface area contributed by atoms with Gasteiger partial charge in [0, 0.05) is 0 Å². The van der Waals surface area contributed by atoms with Crippen LogP contribution < -0.4 is 10.1 Å². The van der Waals surface area contributed by atoms with E-state index in [0.717, 1.165) is 18.4 Å². The van der Waals surface area contributed by atoms with E-state index in [1.807, 2.05) is 38.1 Å². The van der Waals surface area contributed by atoms with Gasteiger partial charge in [-0.3, -0.25) is 4.79 Å². The summed E-state index contributed by atoms with van der Waals surface area (Å²) in [5.41, 5.74) is 0.623. The zero-order chi connectivity index (χ0) is 14.8. The molecule has 2 N–H and O–H groups in total. The molecule has 2 atom stereocenters. The quantitative estimate of drug-likeness (QED) is 0.836. The predicted molar refractivity (Wildman–Crippen MR) is 77.6 cm³/mol. The van der Waals surface area contributed by atoms with Crippen LogP contribution in [0.2, 0.25) is 0 Å². The van der Waals surface area contributed by atoms with Crippen molar-refractivity contribution in [3.63, 3.8) is 0 Å². The second-order valence-corrected chi connectivity index (χ2v) is 5.91. The van der Waals surface area contributed by atoms with E-state index < -0.39 is 11.6 Å². The number of aryl methyl sites for hydroxylation is 1. The molecule has 1 aliphatic carbocycles. The Hall–Kier alpha value is -1.55. The van der Waals surface area contributed by atoms with Gasteiger partial charge in [0.2, 0.25) is 0 Å². The fourth-order valence-electron chi connectivity index (χ4n) is 2.25. The number of amides is 1. The Morgan fingerprint density at radius 2 is 2.05 bits per heavy atom. The molecule has 1 saturated carbocycles. The zero-order valence-corrected chi connectivity index (χ0v) is 12.3. The van der Waals surface area contributed by atoms with E-state index in [1.165, 1.54) is 0 Å². The van der Waals surface area contributed by atoms with Gasteiger partial charge in [0.25, 0.3) is 5.91 Å². The van der Waals surface area contributed by atoms with Gasteiger partial charge in [0.05, 0.1) is 12.1 Å². The number of hydrogen-bond donors (Lipinski definition) is 2. The fraction of sp³-hybridized carbons (Fsp3) is 0.562. The number of carbonyl (C=O) groups is 1. The smallest absolute Gasteiger partial charge is 0.261 e. The van der Waals surface area contributed by atoms with Crippen molar-refractivity contribution in [2.24, 2.45) is 5.92 Å². The molecule has 0 spiro atoms. The second kappa shape index (κ2) is 5.83. The van der Waals surface area contributed by atoms with Crippen LogP contribution in [0.4, 0.5) is 0 Å². The topological polar surface area (TPSA) is 58.6 Å². The molecule has 1 amide bonds. The van der Waals surface area contributed by atoms with Crippen LogP contribution in [0.3, 0.4) is 0 Å². The molecule has 1 fully saturated rings. The standard InChI is InChI=1S/C16H23NO3/c1-11-4-8-14(9-5-11)20-12(2)15(19)17-16(3,10-18)13-6-7-13/h4-5,8-9,12-13,18H,6-7,10H2,1-3H3,(H,17,19). The Balaban J connectivity index is 1.93. The minimum atomic E-state index is -0.581. The molecular weight excluding hydrogens is 254 g/mol. The highest BCUT2D eigenvalue weighted by molar-refractivity contribution is 5.81. The lowest BCUT2D eigenvalue weighted by Gasteiger charge is -2.30. The first-order valence-corrected chi connectivity index (χ1v) is 7.11. The molecule has 0 radical (unpaired) electrons. The molecule has 110 valence electrons. The van der Waals surface area contributed by atoms with Crippen molar-refractivity contribution < 1.29 is 14.6 Å². The summed E-state index contributed by atoms with van der Waals surface area (Å²) in [5, 5.41) is 12.4. The SMILES string of the molecule is Cc1ccc(OC(C)C(=O)NC(C)(CO)C2CC2)cc1. The predicted octanol–water partition coefficient (Wildman–Crippen LogP) is 2.04. The van der Waals surface area contributed by atoms with Gasteiger partial charge in [-0.25, -0.2) is 0 Å². The largest absolute Gasteiger partial charge is 0.481 e. The third-order valence-electron chi connectivity index (χ3n) is 3.92. The molecule has 0 heterocycles. The maximum atomic E-state index is 12.2. The van der Waals surface area contributed by atoms with Crippen LogP contribution in [0, 0.1) is 12.8 Å². The number of benzene rings is 1. The van der Waals surface area contributed by atoms with Crippen molar-refractivity contribution in [3.05, 3.63) is 29.8 Å². The molecule has 0 aromatic heterocycles. The molecule has 1 aromatic carbocycles. The lowest BCUT2D eigenvalue weighted by Crippen LogP contribution is -2.54. The average molecular weight is 277 g/mol.